The third-order valence-corrected chi connectivity index (χ3v) is 9.24. The van der Waals surface area contributed by atoms with Crippen molar-refractivity contribution in [1.82, 2.24) is 0 Å². The zero-order valence-electron chi connectivity index (χ0n) is 20.6. The van der Waals surface area contributed by atoms with Crippen LogP contribution in [0.25, 0.3) is 0 Å². The van der Waals surface area contributed by atoms with Crippen LogP contribution in [0.3, 0.4) is 0 Å². The normalized spacial score (nSPS) is 27.9. The van der Waals surface area contributed by atoms with Gasteiger partial charge < -0.3 is 10.1 Å². The predicted molar refractivity (Wildman–Crippen MR) is 141 cm³/mol. The van der Waals surface area contributed by atoms with Gasteiger partial charge in [0.15, 0.2) is 6.61 Å². The molecule has 1 aliphatic heterocycles. The van der Waals surface area contributed by atoms with Gasteiger partial charge in [-0.05, 0) is 60.4 Å². The number of carbonyl (C=O) groups excluding carboxylic acids is 4. The third kappa shape index (κ3) is 4.32. The molecule has 3 fully saturated rings. The molecule has 1 saturated heterocycles. The number of amides is 3. The summed E-state index contributed by atoms with van der Waals surface area (Å²) in [6, 6.07) is 12.0. The van der Waals surface area contributed by atoms with E-state index in [1.54, 1.807) is 12.1 Å². The van der Waals surface area contributed by atoms with Gasteiger partial charge in [0.25, 0.3) is 5.91 Å². The number of alkyl halides is 2. The number of halogens is 2. The highest BCUT2D eigenvalue weighted by atomic mass is 35.5. The number of fused-ring (bicyclic) bond motifs is 5. The lowest BCUT2D eigenvalue weighted by molar-refractivity contribution is -0.123. The number of esters is 1. The first-order valence-electron chi connectivity index (χ1n) is 12.6. The minimum Gasteiger partial charge on any atom is -0.452 e. The van der Waals surface area contributed by atoms with E-state index in [2.05, 4.69) is 5.32 Å². The third-order valence-electron chi connectivity index (χ3n) is 7.92. The van der Waals surface area contributed by atoms with Crippen LogP contribution in [0, 0.1) is 23.7 Å². The Morgan fingerprint density at radius 1 is 0.946 bits per heavy atom. The number of hydrogen-bond donors (Lipinski definition) is 1. The molecular formula is C28H28Cl2N2O5. The van der Waals surface area contributed by atoms with Crippen LogP contribution in [0.4, 0.5) is 11.4 Å². The number of hydrogen-bond acceptors (Lipinski definition) is 5. The van der Waals surface area contributed by atoms with Gasteiger partial charge in [-0.25, -0.2) is 4.79 Å². The number of rotatable bonds is 7. The largest absolute Gasteiger partial charge is 0.452 e. The standard InChI is InChI=1S/C28H28Cl2N2O5/c1-3-14-7-5-8-15(4-2)25(14)31-20(33)13-37-28(36)16-9-6-10-17(11-16)32-26(34)21-18-12-19(22(21)27(32)35)24(30)23(18)29/h5-11,18-19,21-24H,3-4,12-13H2,1-2H3,(H,31,33)/t18-,19-,21-,22-,23-,24+/m1/s1. The number of aryl methyl sites for hydroxylation is 2. The van der Waals surface area contributed by atoms with Crippen LogP contribution >= 0.6 is 23.2 Å². The first-order valence-corrected chi connectivity index (χ1v) is 13.5. The van der Waals surface area contributed by atoms with Crippen LogP contribution in [0.15, 0.2) is 42.5 Å². The average Bonchev–Trinajstić information content (AvgIpc) is 3.52. The van der Waals surface area contributed by atoms with E-state index in [9.17, 15) is 19.2 Å². The molecule has 1 heterocycles. The molecule has 0 unspecified atom stereocenters. The topological polar surface area (TPSA) is 92.8 Å². The summed E-state index contributed by atoms with van der Waals surface area (Å²) in [5.41, 5.74) is 3.19. The van der Waals surface area contributed by atoms with Crippen LogP contribution in [0.5, 0.6) is 0 Å². The second-order valence-electron chi connectivity index (χ2n) is 9.85. The van der Waals surface area contributed by atoms with E-state index in [-0.39, 0.29) is 40.0 Å². The molecule has 1 N–H and O–H groups in total. The predicted octanol–water partition coefficient (Wildman–Crippen LogP) is 4.58. The van der Waals surface area contributed by atoms with E-state index < -0.39 is 30.3 Å². The van der Waals surface area contributed by atoms with Crippen molar-refractivity contribution in [2.45, 2.75) is 43.9 Å². The van der Waals surface area contributed by atoms with Gasteiger partial charge in [-0.15, -0.1) is 23.2 Å². The van der Waals surface area contributed by atoms with E-state index >= 15 is 0 Å². The van der Waals surface area contributed by atoms with Crippen molar-refractivity contribution >= 4 is 58.3 Å². The molecule has 0 spiro atoms. The average molecular weight is 543 g/mol. The van der Waals surface area contributed by atoms with Crippen LogP contribution in [-0.4, -0.2) is 41.1 Å². The van der Waals surface area contributed by atoms with Crippen LogP contribution in [0.2, 0.25) is 0 Å². The van der Waals surface area contributed by atoms with Gasteiger partial charge in [-0.1, -0.05) is 38.1 Å². The molecule has 0 radical (unpaired) electrons. The number of nitrogens with one attached hydrogen (secondary N) is 1. The highest BCUT2D eigenvalue weighted by molar-refractivity contribution is 6.32. The molecule has 9 heteroatoms. The summed E-state index contributed by atoms with van der Waals surface area (Å²) in [5.74, 6) is -2.98. The summed E-state index contributed by atoms with van der Waals surface area (Å²) in [4.78, 5) is 53.0. The van der Waals surface area contributed by atoms with Gasteiger partial charge in [0.1, 0.15) is 0 Å². The Kier molecular flexibility index (Phi) is 7.03. The molecule has 2 aromatic carbocycles. The van der Waals surface area contributed by atoms with Gasteiger partial charge in [-0.2, -0.15) is 0 Å². The lowest BCUT2D eigenvalue weighted by atomic mass is 9.80. The van der Waals surface area contributed by atoms with Crippen LogP contribution < -0.4 is 10.2 Å². The van der Waals surface area contributed by atoms with E-state index in [1.807, 2.05) is 32.0 Å². The number of nitrogens with zero attached hydrogens (tertiary/aromatic N) is 1. The molecule has 5 rings (SSSR count). The van der Waals surface area contributed by atoms with E-state index in [0.717, 1.165) is 34.6 Å². The number of para-hydroxylation sites is 1. The maximum absolute atomic E-state index is 13.2. The molecule has 37 heavy (non-hydrogen) atoms. The van der Waals surface area contributed by atoms with Crippen molar-refractivity contribution in [3.63, 3.8) is 0 Å². The fourth-order valence-electron chi connectivity index (χ4n) is 6.17. The number of carbonyl (C=O) groups is 4. The summed E-state index contributed by atoms with van der Waals surface area (Å²) in [7, 11) is 0. The van der Waals surface area contributed by atoms with E-state index in [4.69, 9.17) is 27.9 Å². The van der Waals surface area contributed by atoms with Gasteiger partial charge >= 0.3 is 5.97 Å². The highest BCUT2D eigenvalue weighted by Gasteiger charge is 2.66. The Bertz CT molecular complexity index is 1230. The number of imide groups is 1. The second-order valence-corrected chi connectivity index (χ2v) is 10.9. The van der Waals surface area contributed by atoms with Gasteiger partial charge in [0, 0.05) is 5.69 Å². The maximum Gasteiger partial charge on any atom is 0.338 e. The fraction of sp³-hybridized carbons (Fsp3) is 0.429. The highest BCUT2D eigenvalue weighted by Crippen LogP contribution is 2.59. The van der Waals surface area contributed by atoms with Gasteiger partial charge in [-0.3, -0.25) is 19.3 Å². The Balaban J connectivity index is 1.27. The van der Waals surface area contributed by atoms with Crippen molar-refractivity contribution in [2.75, 3.05) is 16.8 Å². The molecule has 194 valence electrons. The second kappa shape index (κ2) is 10.1. The summed E-state index contributed by atoms with van der Waals surface area (Å²) in [5, 5.41) is 2.19. The maximum atomic E-state index is 13.2. The zero-order chi connectivity index (χ0) is 26.4. The monoisotopic (exact) mass is 542 g/mol. The molecule has 3 amide bonds. The molecule has 6 atom stereocenters. The Hall–Kier alpha value is -2.90. The Morgan fingerprint density at radius 3 is 2.08 bits per heavy atom. The smallest absolute Gasteiger partial charge is 0.338 e. The molecule has 2 bridgehead atoms. The first kappa shape index (κ1) is 25.7. The van der Waals surface area contributed by atoms with Gasteiger partial charge in [0.2, 0.25) is 11.8 Å². The minimum atomic E-state index is -0.725. The lowest BCUT2D eigenvalue weighted by Gasteiger charge is -2.28. The van der Waals surface area contributed by atoms with Crippen molar-refractivity contribution in [2.24, 2.45) is 23.7 Å². The van der Waals surface area contributed by atoms with E-state index in [1.165, 1.54) is 12.1 Å². The lowest BCUT2D eigenvalue weighted by Crippen LogP contribution is -2.37. The molecule has 7 nitrogen and oxygen atoms in total. The molecule has 3 aliphatic rings. The van der Waals surface area contributed by atoms with Crippen molar-refractivity contribution in [3.8, 4) is 0 Å². The molecule has 0 aromatic heterocycles. The molecule has 2 saturated carbocycles. The van der Waals surface area contributed by atoms with Gasteiger partial charge in [0.05, 0.1) is 33.8 Å². The number of benzene rings is 2. The molecule has 2 aromatic rings. The summed E-state index contributed by atoms with van der Waals surface area (Å²) < 4.78 is 5.25. The van der Waals surface area contributed by atoms with Crippen molar-refractivity contribution in [1.29, 1.82) is 0 Å². The van der Waals surface area contributed by atoms with Crippen LogP contribution in [0.1, 0.15) is 41.8 Å². The number of anilines is 2. The Morgan fingerprint density at radius 2 is 1.51 bits per heavy atom. The van der Waals surface area contributed by atoms with Crippen molar-refractivity contribution in [3.05, 3.63) is 59.2 Å². The zero-order valence-corrected chi connectivity index (χ0v) is 22.1. The Labute approximate surface area is 225 Å². The number of ether oxygens (including phenoxy) is 1. The van der Waals surface area contributed by atoms with Crippen LogP contribution in [-0.2, 0) is 32.0 Å². The van der Waals surface area contributed by atoms with E-state index in [0.29, 0.717) is 12.1 Å². The van der Waals surface area contributed by atoms with Crippen molar-refractivity contribution < 1.29 is 23.9 Å². The minimum absolute atomic E-state index is 0.127. The molecular weight excluding hydrogens is 515 g/mol. The quantitative estimate of drug-likeness (QED) is 0.314. The fourth-order valence-corrected chi connectivity index (χ4v) is 7.06. The first-order chi connectivity index (χ1) is 17.8. The summed E-state index contributed by atoms with van der Waals surface area (Å²) in [6.45, 7) is 3.55. The molecule has 2 aliphatic carbocycles. The summed E-state index contributed by atoms with van der Waals surface area (Å²) >= 11 is 12.9. The summed E-state index contributed by atoms with van der Waals surface area (Å²) in [6.07, 6.45) is 2.19. The SMILES string of the molecule is CCc1cccc(CC)c1NC(=O)COC(=O)c1cccc(N2C(=O)[C@@H]3[C@H]4C[C@@H]([C@@H](Cl)[C@H]4Cl)[C@H]3C2=O)c1.